The van der Waals surface area contributed by atoms with Gasteiger partial charge < -0.3 is 19.1 Å². The summed E-state index contributed by atoms with van der Waals surface area (Å²) >= 11 is 0. The molecule has 4 atom stereocenters. The highest BCUT2D eigenvalue weighted by Gasteiger charge is 2.34. The summed E-state index contributed by atoms with van der Waals surface area (Å²) < 4.78 is 13.4. The molecular formula is C27H37N3O5. The van der Waals surface area contributed by atoms with Crippen LogP contribution in [-0.2, 0) is 27.1 Å². The average Bonchev–Trinajstić information content (AvgIpc) is 3.26. The van der Waals surface area contributed by atoms with Gasteiger partial charge in [-0.3, -0.25) is 9.69 Å². The van der Waals surface area contributed by atoms with Crippen LogP contribution >= 0.6 is 0 Å². The Morgan fingerprint density at radius 3 is 2.77 bits per heavy atom. The number of carboxylic acid groups (broad SMARTS) is 1. The van der Waals surface area contributed by atoms with Gasteiger partial charge >= 0.3 is 12.1 Å². The lowest BCUT2D eigenvalue weighted by atomic mass is 9.85. The highest BCUT2D eigenvalue weighted by atomic mass is 16.5. The van der Waals surface area contributed by atoms with Gasteiger partial charge in [0, 0.05) is 30.7 Å². The van der Waals surface area contributed by atoms with Gasteiger partial charge in [0.1, 0.15) is 5.82 Å². The summed E-state index contributed by atoms with van der Waals surface area (Å²) in [5.74, 6) is 0.00670. The molecule has 0 radical (unpaired) electrons. The number of benzene rings is 1. The fourth-order valence-corrected chi connectivity index (χ4v) is 6.35. The topological polar surface area (TPSA) is 93.9 Å². The number of hydrogen-bond acceptors (Lipinski definition) is 5. The normalized spacial score (nSPS) is 27.0. The van der Waals surface area contributed by atoms with E-state index >= 15 is 0 Å². The Labute approximate surface area is 206 Å². The fraction of sp³-hybridized carbons (Fsp3) is 0.667. The van der Waals surface area contributed by atoms with Crippen molar-refractivity contribution in [2.75, 3.05) is 18.6 Å². The molecule has 2 fully saturated rings. The molecular weight excluding hydrogens is 446 g/mol. The van der Waals surface area contributed by atoms with E-state index in [1.807, 2.05) is 13.0 Å². The number of carbonyl (C=O) groups is 2. The number of rotatable bonds is 5. The number of amides is 1. The second-order valence-electron chi connectivity index (χ2n) is 10.4. The van der Waals surface area contributed by atoms with Gasteiger partial charge in [0.2, 0.25) is 0 Å². The second-order valence-corrected chi connectivity index (χ2v) is 10.4. The van der Waals surface area contributed by atoms with Crippen LogP contribution in [0.1, 0.15) is 82.1 Å². The van der Waals surface area contributed by atoms with E-state index in [0.29, 0.717) is 6.42 Å². The zero-order chi connectivity index (χ0) is 24.5. The zero-order valence-corrected chi connectivity index (χ0v) is 20.9. The first-order valence-corrected chi connectivity index (χ1v) is 13.2. The van der Waals surface area contributed by atoms with Crippen LogP contribution in [0.3, 0.4) is 0 Å². The molecule has 2 aromatic rings. The molecule has 1 saturated carbocycles. The minimum Gasteiger partial charge on any atom is -0.481 e. The Morgan fingerprint density at radius 2 is 2.03 bits per heavy atom. The molecule has 0 spiro atoms. The smallest absolute Gasteiger partial charge is 0.414 e. The number of carbonyl (C=O) groups excluding carboxylic acids is 1. The van der Waals surface area contributed by atoms with Crippen molar-refractivity contribution in [2.24, 2.45) is 5.92 Å². The van der Waals surface area contributed by atoms with Crippen molar-refractivity contribution < 1.29 is 24.2 Å². The van der Waals surface area contributed by atoms with Crippen LogP contribution in [-0.4, -0.2) is 52.6 Å². The lowest BCUT2D eigenvalue weighted by Gasteiger charge is -2.34. The van der Waals surface area contributed by atoms with Crippen LogP contribution in [0.2, 0.25) is 0 Å². The van der Waals surface area contributed by atoms with Crippen molar-refractivity contribution in [3.05, 3.63) is 23.5 Å². The van der Waals surface area contributed by atoms with Crippen LogP contribution < -0.4 is 4.90 Å². The minimum absolute atomic E-state index is 0.0621. The molecule has 0 bridgehead atoms. The van der Waals surface area contributed by atoms with E-state index in [0.717, 1.165) is 92.5 Å². The maximum Gasteiger partial charge on any atom is 0.414 e. The van der Waals surface area contributed by atoms with Crippen molar-refractivity contribution in [1.29, 1.82) is 0 Å². The maximum absolute atomic E-state index is 12.6. The average molecular weight is 484 g/mol. The third-order valence-electron chi connectivity index (χ3n) is 8.22. The maximum atomic E-state index is 12.6. The SMILES string of the molecule is COC(=O)N1c2ccc3c(nc(CC[C@@H]4CCCCO4)n3[C@@H]3CCC[C@@H](C(=O)O)C3)c2CC[C@@H]1C. The molecule has 8 nitrogen and oxygen atoms in total. The van der Waals surface area contributed by atoms with E-state index in [-0.39, 0.29) is 30.2 Å². The predicted molar refractivity (Wildman–Crippen MR) is 133 cm³/mol. The van der Waals surface area contributed by atoms with E-state index < -0.39 is 5.97 Å². The standard InChI is InChI=1S/C27H37N3O5/c1-17-9-11-21-22(29(17)27(33)34-2)12-13-23-25(21)28-24(14-10-20-8-3-4-15-35-20)30(23)19-7-5-6-18(16-19)26(31)32/h12-13,17-20H,3-11,14-16H2,1-2H3,(H,31,32)/t17-,18+,19+,20-/m0/s1. The molecule has 1 saturated heterocycles. The Morgan fingerprint density at radius 1 is 1.17 bits per heavy atom. The van der Waals surface area contributed by atoms with Crippen LogP contribution in [0.4, 0.5) is 10.5 Å². The molecule has 0 unspecified atom stereocenters. The van der Waals surface area contributed by atoms with E-state index in [1.165, 1.54) is 13.5 Å². The number of ether oxygens (including phenoxy) is 2. The number of aromatic nitrogens is 2. The van der Waals surface area contributed by atoms with E-state index in [4.69, 9.17) is 14.5 Å². The minimum atomic E-state index is -0.698. The van der Waals surface area contributed by atoms with E-state index in [1.54, 1.807) is 4.90 Å². The number of fused-ring (bicyclic) bond motifs is 3. The quantitative estimate of drug-likeness (QED) is 0.623. The number of hydrogen-bond donors (Lipinski definition) is 1. The lowest BCUT2D eigenvalue weighted by Crippen LogP contribution is -2.42. The highest BCUT2D eigenvalue weighted by Crippen LogP contribution is 2.41. The van der Waals surface area contributed by atoms with Gasteiger partial charge in [-0.1, -0.05) is 6.42 Å². The molecule has 8 heteroatoms. The number of carboxylic acids is 1. The molecule has 1 aromatic heterocycles. The molecule has 3 heterocycles. The van der Waals surface area contributed by atoms with E-state index in [2.05, 4.69) is 10.6 Å². The summed E-state index contributed by atoms with van der Waals surface area (Å²) in [7, 11) is 1.42. The van der Waals surface area contributed by atoms with Gasteiger partial charge in [-0.2, -0.15) is 0 Å². The molecule has 1 aromatic carbocycles. The van der Waals surface area contributed by atoms with Crippen LogP contribution in [0.5, 0.6) is 0 Å². The lowest BCUT2D eigenvalue weighted by molar-refractivity contribution is -0.143. The number of aryl methyl sites for hydroxylation is 2. The number of aliphatic carboxylic acids is 1. The number of anilines is 1. The number of nitrogens with zero attached hydrogens (tertiary/aromatic N) is 3. The van der Waals surface area contributed by atoms with Crippen molar-refractivity contribution in [3.63, 3.8) is 0 Å². The molecule has 1 aliphatic carbocycles. The second kappa shape index (κ2) is 10.2. The third kappa shape index (κ3) is 4.65. The van der Waals surface area contributed by atoms with Gasteiger partial charge in [-0.15, -0.1) is 0 Å². The summed E-state index contributed by atoms with van der Waals surface area (Å²) in [6, 6.07) is 4.27. The van der Waals surface area contributed by atoms with E-state index in [9.17, 15) is 14.7 Å². The highest BCUT2D eigenvalue weighted by molar-refractivity contribution is 5.95. The van der Waals surface area contributed by atoms with Gasteiger partial charge in [0.15, 0.2) is 0 Å². The zero-order valence-electron chi connectivity index (χ0n) is 20.9. The Kier molecular flexibility index (Phi) is 7.00. The largest absolute Gasteiger partial charge is 0.481 e. The molecule has 5 rings (SSSR count). The monoisotopic (exact) mass is 483 g/mol. The van der Waals surface area contributed by atoms with Gasteiger partial charge in [-0.05, 0) is 76.8 Å². The molecule has 1 N–H and O–H groups in total. The third-order valence-corrected chi connectivity index (χ3v) is 8.22. The Hall–Kier alpha value is -2.61. The number of methoxy groups -OCH3 is 1. The van der Waals surface area contributed by atoms with Crippen LogP contribution in [0.15, 0.2) is 12.1 Å². The van der Waals surface area contributed by atoms with Crippen molar-refractivity contribution >= 4 is 28.8 Å². The fourth-order valence-electron chi connectivity index (χ4n) is 6.35. The first-order valence-electron chi connectivity index (χ1n) is 13.2. The molecule has 190 valence electrons. The summed E-state index contributed by atoms with van der Waals surface area (Å²) in [5, 5.41) is 9.71. The van der Waals surface area contributed by atoms with Crippen molar-refractivity contribution in [3.8, 4) is 0 Å². The van der Waals surface area contributed by atoms with Crippen LogP contribution in [0, 0.1) is 5.92 Å². The van der Waals surface area contributed by atoms with Gasteiger partial charge in [0.25, 0.3) is 0 Å². The number of imidazole rings is 1. The van der Waals surface area contributed by atoms with Gasteiger partial charge in [0.05, 0.1) is 35.9 Å². The van der Waals surface area contributed by atoms with Crippen molar-refractivity contribution in [1.82, 2.24) is 9.55 Å². The van der Waals surface area contributed by atoms with Crippen LogP contribution in [0.25, 0.3) is 11.0 Å². The molecule has 1 amide bonds. The summed E-state index contributed by atoms with van der Waals surface area (Å²) in [6.07, 6.45) is 10.0. The Balaban J connectivity index is 1.56. The van der Waals surface area contributed by atoms with Crippen molar-refractivity contribution in [2.45, 2.75) is 95.7 Å². The predicted octanol–water partition coefficient (Wildman–Crippen LogP) is 5.26. The summed E-state index contributed by atoms with van der Waals surface area (Å²) in [4.78, 5) is 31.3. The first-order chi connectivity index (χ1) is 17.0. The Bertz CT molecular complexity index is 1090. The molecule has 3 aliphatic rings. The van der Waals surface area contributed by atoms with Gasteiger partial charge in [-0.25, -0.2) is 9.78 Å². The summed E-state index contributed by atoms with van der Waals surface area (Å²) in [5.41, 5.74) is 3.96. The summed E-state index contributed by atoms with van der Waals surface area (Å²) in [6.45, 7) is 2.88. The molecule has 35 heavy (non-hydrogen) atoms. The first kappa shape index (κ1) is 24.1. The molecule has 2 aliphatic heterocycles.